The monoisotopic (exact) mass is 278 g/mol. The maximum atomic E-state index is 12.1. The minimum absolute atomic E-state index is 0.158. The minimum Gasteiger partial charge on any atom is -0.383 e. The molecule has 19 heavy (non-hydrogen) atoms. The predicted octanol–water partition coefficient (Wildman–Crippen LogP) is 0.725. The smallest absolute Gasteiger partial charge is 0.244 e. The van der Waals surface area contributed by atoms with Crippen molar-refractivity contribution in [2.45, 2.75) is 17.4 Å². The van der Waals surface area contributed by atoms with Crippen LogP contribution in [-0.4, -0.2) is 31.2 Å². The second kappa shape index (κ2) is 4.67. The van der Waals surface area contributed by atoms with Gasteiger partial charge in [-0.1, -0.05) is 18.2 Å². The van der Waals surface area contributed by atoms with E-state index < -0.39 is 10.0 Å². The molecule has 1 aliphatic rings. The second-order valence-electron chi connectivity index (χ2n) is 4.49. The molecule has 1 aromatic carbocycles. The van der Waals surface area contributed by atoms with Crippen LogP contribution >= 0.6 is 0 Å². The molecule has 0 amide bonds. The van der Waals surface area contributed by atoms with Crippen molar-refractivity contribution in [2.24, 2.45) is 0 Å². The number of H-pyrrole nitrogens is 1. The third-order valence-electron chi connectivity index (χ3n) is 3.13. The number of hydrogen-bond acceptors (Lipinski definition) is 4. The van der Waals surface area contributed by atoms with Gasteiger partial charge in [0.1, 0.15) is 4.90 Å². The highest BCUT2D eigenvalue weighted by Crippen LogP contribution is 2.21. The van der Waals surface area contributed by atoms with Crippen LogP contribution in [0, 0.1) is 0 Å². The first-order valence-corrected chi connectivity index (χ1v) is 7.46. The van der Waals surface area contributed by atoms with Gasteiger partial charge in [-0.05, 0) is 18.1 Å². The number of aromatic nitrogens is 2. The second-order valence-corrected chi connectivity index (χ2v) is 6.21. The Hall–Kier alpha value is -1.86. The maximum absolute atomic E-state index is 12.1. The summed E-state index contributed by atoms with van der Waals surface area (Å²) in [6, 6.07) is 7.75. The molecular weight excluding hydrogens is 264 g/mol. The molecule has 1 aromatic heterocycles. The highest BCUT2D eigenvalue weighted by molar-refractivity contribution is 7.89. The van der Waals surface area contributed by atoms with Gasteiger partial charge >= 0.3 is 0 Å². The van der Waals surface area contributed by atoms with Crippen molar-refractivity contribution in [3.63, 3.8) is 0 Å². The van der Waals surface area contributed by atoms with Gasteiger partial charge in [-0.3, -0.25) is 5.10 Å². The zero-order valence-corrected chi connectivity index (χ0v) is 10.9. The lowest BCUT2D eigenvalue weighted by atomic mass is 10.0. The Morgan fingerprint density at radius 2 is 2.16 bits per heavy atom. The van der Waals surface area contributed by atoms with E-state index in [1.54, 1.807) is 0 Å². The fourth-order valence-corrected chi connectivity index (χ4v) is 3.34. The number of rotatable bonds is 3. The van der Waals surface area contributed by atoms with Crippen LogP contribution in [-0.2, 0) is 16.4 Å². The van der Waals surface area contributed by atoms with Crippen LogP contribution in [0.4, 0.5) is 5.69 Å². The largest absolute Gasteiger partial charge is 0.383 e. The molecule has 0 radical (unpaired) electrons. The van der Waals surface area contributed by atoms with Gasteiger partial charge in [0, 0.05) is 24.5 Å². The lowest BCUT2D eigenvalue weighted by Gasteiger charge is -2.26. The Labute approximate surface area is 111 Å². The summed E-state index contributed by atoms with van der Waals surface area (Å²) in [7, 11) is -3.50. The topological polar surface area (TPSA) is 86.9 Å². The van der Waals surface area contributed by atoms with Gasteiger partial charge in [-0.15, -0.1) is 0 Å². The number of anilines is 1. The summed E-state index contributed by atoms with van der Waals surface area (Å²) in [5.74, 6) is 0. The molecule has 7 heteroatoms. The van der Waals surface area contributed by atoms with Crippen LogP contribution in [0.15, 0.2) is 41.6 Å². The summed E-state index contributed by atoms with van der Waals surface area (Å²) < 4.78 is 26.8. The van der Waals surface area contributed by atoms with E-state index in [0.717, 1.165) is 11.3 Å². The van der Waals surface area contributed by atoms with Gasteiger partial charge in [-0.25, -0.2) is 13.1 Å². The molecule has 3 rings (SSSR count). The van der Waals surface area contributed by atoms with Crippen molar-refractivity contribution in [3.8, 4) is 0 Å². The molecule has 1 aliphatic heterocycles. The first-order chi connectivity index (χ1) is 9.15. The Balaban J connectivity index is 1.76. The molecule has 0 bridgehead atoms. The molecule has 0 spiro atoms. The van der Waals surface area contributed by atoms with Gasteiger partial charge in [0.05, 0.1) is 6.20 Å². The summed E-state index contributed by atoms with van der Waals surface area (Å²) in [4.78, 5) is 0.159. The highest BCUT2D eigenvalue weighted by atomic mass is 32.2. The van der Waals surface area contributed by atoms with Crippen molar-refractivity contribution in [1.29, 1.82) is 0 Å². The molecule has 0 saturated heterocycles. The van der Waals surface area contributed by atoms with Crippen molar-refractivity contribution in [2.75, 3.05) is 11.9 Å². The zero-order valence-electron chi connectivity index (χ0n) is 10.1. The number of benzene rings is 1. The third kappa shape index (κ3) is 2.47. The first-order valence-electron chi connectivity index (χ1n) is 5.98. The molecule has 6 nitrogen and oxygen atoms in total. The van der Waals surface area contributed by atoms with Crippen molar-refractivity contribution < 1.29 is 8.42 Å². The summed E-state index contributed by atoms with van der Waals surface area (Å²) in [6.45, 7) is 0.577. The van der Waals surface area contributed by atoms with Gasteiger partial charge in [-0.2, -0.15) is 5.10 Å². The van der Waals surface area contributed by atoms with Crippen LogP contribution in [0.3, 0.4) is 0 Å². The van der Waals surface area contributed by atoms with Crippen molar-refractivity contribution in [3.05, 3.63) is 42.2 Å². The normalized spacial score (nSPS) is 18.6. The van der Waals surface area contributed by atoms with E-state index in [9.17, 15) is 8.42 Å². The summed E-state index contributed by atoms with van der Waals surface area (Å²) in [5.41, 5.74) is 2.19. The van der Waals surface area contributed by atoms with E-state index in [1.165, 1.54) is 12.4 Å². The standard InChI is InChI=1S/C12H14N4O2S/c17-19(18,11-7-14-15-8-11)16-10-5-9-3-1-2-4-12(9)13-6-10/h1-4,7-8,10,13,16H,5-6H2,(H,14,15). The van der Waals surface area contributed by atoms with E-state index in [-0.39, 0.29) is 10.9 Å². The van der Waals surface area contributed by atoms with Gasteiger partial charge in [0.25, 0.3) is 0 Å². The van der Waals surface area contributed by atoms with E-state index >= 15 is 0 Å². The number of aromatic amines is 1. The molecule has 0 aliphatic carbocycles. The number of sulfonamides is 1. The van der Waals surface area contributed by atoms with Gasteiger partial charge in [0.15, 0.2) is 0 Å². The van der Waals surface area contributed by atoms with Crippen LogP contribution in [0.5, 0.6) is 0 Å². The molecule has 0 fully saturated rings. The van der Waals surface area contributed by atoms with Gasteiger partial charge < -0.3 is 5.32 Å². The number of para-hydroxylation sites is 1. The number of nitrogens with zero attached hydrogens (tertiary/aromatic N) is 1. The minimum atomic E-state index is -3.50. The molecule has 2 aromatic rings. The molecule has 100 valence electrons. The van der Waals surface area contributed by atoms with Crippen LogP contribution in [0.25, 0.3) is 0 Å². The fraction of sp³-hybridized carbons (Fsp3) is 0.250. The van der Waals surface area contributed by atoms with Crippen LogP contribution in [0.2, 0.25) is 0 Å². The van der Waals surface area contributed by atoms with Crippen molar-refractivity contribution >= 4 is 15.7 Å². The van der Waals surface area contributed by atoms with E-state index in [0.29, 0.717) is 13.0 Å². The summed E-state index contributed by atoms with van der Waals surface area (Å²) in [6.07, 6.45) is 3.35. The lowest BCUT2D eigenvalue weighted by Crippen LogP contribution is -2.43. The highest BCUT2D eigenvalue weighted by Gasteiger charge is 2.24. The summed E-state index contributed by atoms with van der Waals surface area (Å²) in [5, 5.41) is 9.39. The van der Waals surface area contributed by atoms with E-state index in [2.05, 4.69) is 20.2 Å². The molecule has 1 atom stereocenters. The van der Waals surface area contributed by atoms with Crippen LogP contribution in [0.1, 0.15) is 5.56 Å². The Morgan fingerprint density at radius 1 is 1.32 bits per heavy atom. The Kier molecular flexibility index (Phi) is 3.00. The zero-order chi connectivity index (χ0) is 13.3. The van der Waals surface area contributed by atoms with Crippen LogP contribution < -0.4 is 10.0 Å². The van der Waals surface area contributed by atoms with E-state index in [1.807, 2.05) is 24.3 Å². The SMILES string of the molecule is O=S(=O)(NC1CNc2ccccc2C1)c1cn[nH]c1. The predicted molar refractivity (Wildman–Crippen MR) is 71.3 cm³/mol. The third-order valence-corrected chi connectivity index (χ3v) is 4.62. The number of hydrogen-bond donors (Lipinski definition) is 3. The number of fused-ring (bicyclic) bond motifs is 1. The maximum Gasteiger partial charge on any atom is 0.244 e. The average molecular weight is 278 g/mol. The quantitative estimate of drug-likeness (QED) is 0.772. The first kappa shape index (κ1) is 12.2. The molecule has 3 N–H and O–H groups in total. The Bertz CT molecular complexity index is 667. The van der Waals surface area contributed by atoms with Gasteiger partial charge in [0.2, 0.25) is 10.0 Å². The lowest BCUT2D eigenvalue weighted by molar-refractivity contribution is 0.549. The molecular formula is C12H14N4O2S. The van der Waals surface area contributed by atoms with Crippen molar-refractivity contribution in [1.82, 2.24) is 14.9 Å². The van der Waals surface area contributed by atoms with E-state index in [4.69, 9.17) is 0 Å². The molecule has 2 heterocycles. The average Bonchev–Trinajstić information content (AvgIpc) is 2.93. The number of nitrogens with one attached hydrogen (secondary N) is 3. The molecule has 1 unspecified atom stereocenters. The summed E-state index contributed by atoms with van der Waals surface area (Å²) >= 11 is 0. The Morgan fingerprint density at radius 3 is 2.95 bits per heavy atom. The fourth-order valence-electron chi connectivity index (χ4n) is 2.20. The molecule has 0 saturated carbocycles.